The highest BCUT2D eigenvalue weighted by molar-refractivity contribution is 5.90. The Balaban J connectivity index is 2.57. The third-order valence-corrected chi connectivity index (χ3v) is 2.61. The fourth-order valence-corrected chi connectivity index (χ4v) is 1.62. The van der Waals surface area contributed by atoms with Gasteiger partial charge in [0, 0.05) is 31.7 Å². The van der Waals surface area contributed by atoms with E-state index in [0.29, 0.717) is 31.7 Å². The van der Waals surface area contributed by atoms with Crippen LogP contribution in [0.1, 0.15) is 31.7 Å². The van der Waals surface area contributed by atoms with Gasteiger partial charge in [-0.25, -0.2) is 4.39 Å². The molecule has 0 unspecified atom stereocenters. The van der Waals surface area contributed by atoms with Gasteiger partial charge in [0.1, 0.15) is 5.82 Å². The molecule has 0 heterocycles. The van der Waals surface area contributed by atoms with Crippen molar-refractivity contribution in [2.75, 3.05) is 25.1 Å². The molecule has 0 spiro atoms. The molecular formula is C16H20FNO3. The lowest BCUT2D eigenvalue weighted by molar-refractivity contribution is -0.116. The van der Waals surface area contributed by atoms with Crippen LogP contribution in [-0.4, -0.2) is 30.8 Å². The monoisotopic (exact) mass is 293 g/mol. The third-order valence-electron chi connectivity index (χ3n) is 2.61. The van der Waals surface area contributed by atoms with E-state index in [0.717, 1.165) is 0 Å². The first-order valence-corrected chi connectivity index (χ1v) is 6.94. The molecule has 5 heteroatoms. The molecule has 1 aromatic rings. The number of carbonyl (C=O) groups is 1. The molecule has 0 bridgehead atoms. The molecule has 1 rings (SSSR count). The van der Waals surface area contributed by atoms with Crippen molar-refractivity contribution in [3.8, 4) is 11.8 Å². The van der Waals surface area contributed by atoms with E-state index < -0.39 is 5.82 Å². The van der Waals surface area contributed by atoms with Crippen molar-refractivity contribution < 1.29 is 19.0 Å². The number of anilines is 1. The molecule has 0 aliphatic rings. The Morgan fingerprint density at radius 3 is 3.00 bits per heavy atom. The van der Waals surface area contributed by atoms with Crippen molar-refractivity contribution >= 4 is 11.6 Å². The number of carbonyl (C=O) groups excluding carboxylic acids is 1. The molecule has 0 fully saturated rings. The predicted octanol–water partition coefficient (Wildman–Crippen LogP) is 2.31. The number of hydrogen-bond acceptors (Lipinski definition) is 3. The van der Waals surface area contributed by atoms with Crippen LogP contribution < -0.4 is 5.32 Å². The standard InChI is InChI=1S/C16H20FNO3/c1-2-21-11-5-7-16(20)18-14-8-9-15(17)13(12-14)6-3-4-10-19/h8-9,12,19H,2,4-5,7,10-11H2,1H3,(H,18,20). The fourth-order valence-electron chi connectivity index (χ4n) is 1.62. The second-order valence-corrected chi connectivity index (χ2v) is 4.32. The van der Waals surface area contributed by atoms with Crippen LogP contribution in [0.3, 0.4) is 0 Å². The number of amides is 1. The van der Waals surface area contributed by atoms with E-state index in [1.54, 1.807) is 0 Å². The minimum absolute atomic E-state index is 0.0646. The highest BCUT2D eigenvalue weighted by atomic mass is 19.1. The molecule has 114 valence electrons. The molecule has 2 N–H and O–H groups in total. The molecule has 1 aromatic carbocycles. The first-order chi connectivity index (χ1) is 10.2. The van der Waals surface area contributed by atoms with Gasteiger partial charge in [0.25, 0.3) is 0 Å². The van der Waals surface area contributed by atoms with Crippen LogP contribution in [0, 0.1) is 17.7 Å². The lowest BCUT2D eigenvalue weighted by Crippen LogP contribution is -2.12. The van der Waals surface area contributed by atoms with Gasteiger partial charge in [-0.2, -0.15) is 0 Å². The normalized spacial score (nSPS) is 9.86. The summed E-state index contributed by atoms with van der Waals surface area (Å²) in [6.45, 7) is 3.02. The largest absolute Gasteiger partial charge is 0.395 e. The summed E-state index contributed by atoms with van der Waals surface area (Å²) >= 11 is 0. The predicted molar refractivity (Wildman–Crippen MR) is 79.3 cm³/mol. The molecule has 0 aromatic heterocycles. The van der Waals surface area contributed by atoms with Crippen LogP contribution in [0.4, 0.5) is 10.1 Å². The number of nitrogens with one attached hydrogen (secondary N) is 1. The third kappa shape index (κ3) is 6.89. The number of aliphatic hydroxyl groups excluding tert-OH is 1. The lowest BCUT2D eigenvalue weighted by atomic mass is 10.2. The van der Waals surface area contributed by atoms with Crippen LogP contribution in [0.2, 0.25) is 0 Å². The molecule has 0 saturated carbocycles. The summed E-state index contributed by atoms with van der Waals surface area (Å²) in [5.41, 5.74) is 0.710. The van der Waals surface area contributed by atoms with Crippen LogP contribution in [-0.2, 0) is 9.53 Å². The summed E-state index contributed by atoms with van der Waals surface area (Å²) in [6, 6.07) is 4.24. The maximum absolute atomic E-state index is 13.5. The molecule has 1 amide bonds. The van der Waals surface area contributed by atoms with Gasteiger partial charge >= 0.3 is 0 Å². The van der Waals surface area contributed by atoms with E-state index in [2.05, 4.69) is 17.2 Å². The highest BCUT2D eigenvalue weighted by Crippen LogP contribution is 2.14. The first-order valence-electron chi connectivity index (χ1n) is 6.94. The Kier molecular flexibility index (Phi) is 8.10. The lowest BCUT2D eigenvalue weighted by Gasteiger charge is -2.06. The second kappa shape index (κ2) is 9.92. The molecule has 0 atom stereocenters. The quantitative estimate of drug-likeness (QED) is 0.599. The Morgan fingerprint density at radius 2 is 2.29 bits per heavy atom. The number of rotatable bonds is 7. The summed E-state index contributed by atoms with van der Waals surface area (Å²) in [4.78, 5) is 11.7. The van der Waals surface area contributed by atoms with Gasteiger partial charge in [-0.15, -0.1) is 0 Å². The number of hydrogen-bond donors (Lipinski definition) is 2. The van der Waals surface area contributed by atoms with Crippen LogP contribution in [0.15, 0.2) is 18.2 Å². The van der Waals surface area contributed by atoms with Gasteiger partial charge in [-0.1, -0.05) is 11.8 Å². The second-order valence-electron chi connectivity index (χ2n) is 4.32. The van der Waals surface area contributed by atoms with Gasteiger partial charge < -0.3 is 15.2 Å². The van der Waals surface area contributed by atoms with Crippen LogP contribution >= 0.6 is 0 Å². The fraction of sp³-hybridized carbons (Fsp3) is 0.438. The highest BCUT2D eigenvalue weighted by Gasteiger charge is 2.05. The van der Waals surface area contributed by atoms with Gasteiger partial charge in [0.05, 0.1) is 12.2 Å². The Hall–Kier alpha value is -1.90. The van der Waals surface area contributed by atoms with E-state index in [4.69, 9.17) is 9.84 Å². The molecular weight excluding hydrogens is 273 g/mol. The number of benzene rings is 1. The summed E-state index contributed by atoms with van der Waals surface area (Å²) in [7, 11) is 0. The van der Waals surface area contributed by atoms with Crippen molar-refractivity contribution in [1.82, 2.24) is 0 Å². The van der Waals surface area contributed by atoms with Crippen molar-refractivity contribution in [3.05, 3.63) is 29.6 Å². The Morgan fingerprint density at radius 1 is 1.48 bits per heavy atom. The van der Waals surface area contributed by atoms with Gasteiger partial charge in [0.2, 0.25) is 5.91 Å². The maximum atomic E-state index is 13.5. The van der Waals surface area contributed by atoms with Gasteiger partial charge in [-0.3, -0.25) is 4.79 Å². The zero-order valence-corrected chi connectivity index (χ0v) is 12.1. The summed E-state index contributed by atoms with van der Waals surface area (Å²) in [5, 5.41) is 11.3. The van der Waals surface area contributed by atoms with Crippen molar-refractivity contribution in [1.29, 1.82) is 0 Å². The zero-order valence-electron chi connectivity index (χ0n) is 12.1. The smallest absolute Gasteiger partial charge is 0.224 e. The Bertz CT molecular complexity index is 520. The van der Waals surface area contributed by atoms with E-state index in [9.17, 15) is 9.18 Å². The summed E-state index contributed by atoms with van der Waals surface area (Å²) < 4.78 is 18.7. The van der Waals surface area contributed by atoms with E-state index in [-0.39, 0.29) is 24.5 Å². The molecule has 0 saturated heterocycles. The number of ether oxygens (including phenoxy) is 1. The number of aliphatic hydroxyl groups is 1. The molecule has 0 aliphatic heterocycles. The van der Waals surface area contributed by atoms with E-state index >= 15 is 0 Å². The molecule has 0 aliphatic carbocycles. The molecule has 0 radical (unpaired) electrons. The zero-order chi connectivity index (χ0) is 15.5. The molecule has 21 heavy (non-hydrogen) atoms. The maximum Gasteiger partial charge on any atom is 0.224 e. The summed E-state index contributed by atoms with van der Waals surface area (Å²) in [5.74, 6) is 4.69. The average molecular weight is 293 g/mol. The van der Waals surface area contributed by atoms with Crippen molar-refractivity contribution in [2.45, 2.75) is 26.2 Å². The van der Waals surface area contributed by atoms with Gasteiger partial charge in [0.15, 0.2) is 0 Å². The molecule has 4 nitrogen and oxygen atoms in total. The minimum atomic E-state index is -0.449. The Labute approximate surface area is 124 Å². The number of halogens is 1. The summed E-state index contributed by atoms with van der Waals surface area (Å²) in [6.07, 6.45) is 1.28. The van der Waals surface area contributed by atoms with Gasteiger partial charge in [-0.05, 0) is 31.5 Å². The first kappa shape index (κ1) is 17.2. The minimum Gasteiger partial charge on any atom is -0.395 e. The van der Waals surface area contributed by atoms with Crippen LogP contribution in [0.5, 0.6) is 0 Å². The van der Waals surface area contributed by atoms with Crippen molar-refractivity contribution in [3.63, 3.8) is 0 Å². The average Bonchev–Trinajstić information content (AvgIpc) is 2.47. The topological polar surface area (TPSA) is 58.6 Å². The SMILES string of the molecule is CCOCCCC(=O)Nc1ccc(F)c(C#CCCO)c1. The van der Waals surface area contributed by atoms with E-state index in [1.165, 1.54) is 18.2 Å². The van der Waals surface area contributed by atoms with Crippen molar-refractivity contribution in [2.24, 2.45) is 0 Å². The van der Waals surface area contributed by atoms with Crippen LogP contribution in [0.25, 0.3) is 0 Å². The van der Waals surface area contributed by atoms with E-state index in [1.807, 2.05) is 6.92 Å².